The number of rotatable bonds is 3. The first kappa shape index (κ1) is 19.7. The zero-order chi connectivity index (χ0) is 21.6. The molecule has 0 aliphatic carbocycles. The van der Waals surface area contributed by atoms with Gasteiger partial charge in [-0.05, 0) is 50.2 Å². The number of para-hydroxylation sites is 1. The normalized spacial score (nSPS) is 16.6. The Bertz CT molecular complexity index is 1110. The van der Waals surface area contributed by atoms with Gasteiger partial charge in [0.2, 0.25) is 0 Å². The highest BCUT2D eigenvalue weighted by Gasteiger charge is 2.45. The van der Waals surface area contributed by atoms with Crippen molar-refractivity contribution in [3.05, 3.63) is 65.9 Å². The van der Waals surface area contributed by atoms with Gasteiger partial charge in [-0.25, -0.2) is 0 Å². The summed E-state index contributed by atoms with van der Waals surface area (Å²) < 4.78 is 14.2. The highest BCUT2D eigenvalue weighted by atomic mass is 16.5. The van der Waals surface area contributed by atoms with Crippen molar-refractivity contribution in [3.8, 4) is 22.8 Å². The topological polar surface area (TPSA) is 56.6 Å². The summed E-state index contributed by atoms with van der Waals surface area (Å²) in [5, 5.41) is 4.52. The smallest absolute Gasteiger partial charge is 0.253 e. The first-order valence-corrected chi connectivity index (χ1v) is 10.8. The zero-order valence-electron chi connectivity index (χ0n) is 18.2. The number of carbonyl (C=O) groups is 1. The van der Waals surface area contributed by atoms with Gasteiger partial charge in [0, 0.05) is 49.7 Å². The number of hydrogen-bond donors (Lipinski definition) is 0. The molecule has 1 amide bonds. The second-order valence-corrected chi connectivity index (χ2v) is 8.61. The van der Waals surface area contributed by atoms with E-state index in [1.165, 1.54) is 0 Å². The van der Waals surface area contributed by atoms with Crippen molar-refractivity contribution < 1.29 is 14.3 Å². The van der Waals surface area contributed by atoms with E-state index in [-0.39, 0.29) is 12.0 Å². The molecule has 0 bridgehead atoms. The van der Waals surface area contributed by atoms with Crippen LogP contribution in [-0.2, 0) is 12.6 Å². The number of benzene rings is 2. The van der Waals surface area contributed by atoms with Gasteiger partial charge in [0.05, 0.1) is 18.0 Å². The molecule has 1 aromatic heterocycles. The number of ether oxygens (including phenoxy) is 2. The lowest BCUT2D eigenvalue weighted by atomic mass is 9.81. The van der Waals surface area contributed by atoms with Crippen molar-refractivity contribution in [3.63, 3.8) is 0 Å². The average Bonchev–Trinajstić information content (AvgIpc) is 3.17. The van der Waals surface area contributed by atoms with E-state index < -0.39 is 5.60 Å². The minimum Gasteiger partial charge on any atom is -0.491 e. The maximum Gasteiger partial charge on any atom is 0.253 e. The monoisotopic (exact) mass is 417 g/mol. The fraction of sp³-hybridized carbons (Fsp3) is 0.360. The molecular formula is C25H27N3O3. The Morgan fingerprint density at radius 2 is 1.81 bits per heavy atom. The third kappa shape index (κ3) is 3.36. The van der Waals surface area contributed by atoms with Crippen LogP contribution >= 0.6 is 0 Å². The van der Waals surface area contributed by atoms with Crippen LogP contribution < -0.4 is 9.47 Å². The van der Waals surface area contributed by atoms with Crippen molar-refractivity contribution in [1.29, 1.82) is 0 Å². The summed E-state index contributed by atoms with van der Waals surface area (Å²) >= 11 is 0. The third-order valence-electron chi connectivity index (χ3n) is 6.21. The molecule has 1 saturated heterocycles. The molecular weight excluding hydrogens is 390 g/mol. The zero-order valence-corrected chi connectivity index (χ0v) is 18.2. The number of aromatic nitrogens is 2. The number of carbonyl (C=O) groups excluding carboxylic acids is 1. The Kier molecular flexibility index (Phi) is 4.73. The van der Waals surface area contributed by atoms with Crippen molar-refractivity contribution in [2.75, 3.05) is 13.1 Å². The molecule has 3 heterocycles. The van der Waals surface area contributed by atoms with Gasteiger partial charge in [-0.2, -0.15) is 5.10 Å². The first-order chi connectivity index (χ1) is 15.0. The van der Waals surface area contributed by atoms with Crippen LogP contribution in [0, 0.1) is 0 Å². The first-order valence-electron chi connectivity index (χ1n) is 10.8. The molecule has 3 aromatic rings. The fourth-order valence-electron chi connectivity index (χ4n) is 4.68. The molecule has 6 nitrogen and oxygen atoms in total. The van der Waals surface area contributed by atoms with Crippen LogP contribution in [0.2, 0.25) is 0 Å². The predicted molar refractivity (Wildman–Crippen MR) is 118 cm³/mol. The van der Waals surface area contributed by atoms with Gasteiger partial charge in [-0.15, -0.1) is 0 Å². The van der Waals surface area contributed by atoms with Crippen LogP contribution in [0.15, 0.2) is 54.7 Å². The summed E-state index contributed by atoms with van der Waals surface area (Å²) in [4.78, 5) is 15.0. The molecule has 160 valence electrons. The summed E-state index contributed by atoms with van der Waals surface area (Å²) in [6, 6.07) is 15.5. The van der Waals surface area contributed by atoms with E-state index in [1.54, 1.807) is 0 Å². The van der Waals surface area contributed by atoms with Crippen molar-refractivity contribution >= 4 is 5.91 Å². The molecule has 6 heteroatoms. The molecule has 2 aliphatic heterocycles. The number of likely N-dealkylation sites (tertiary alicyclic amines) is 1. The second kappa shape index (κ2) is 7.45. The Hall–Kier alpha value is -3.28. The van der Waals surface area contributed by atoms with Gasteiger partial charge in [-0.3, -0.25) is 9.48 Å². The van der Waals surface area contributed by atoms with E-state index in [2.05, 4.69) is 11.2 Å². The quantitative estimate of drug-likeness (QED) is 0.634. The van der Waals surface area contributed by atoms with E-state index in [4.69, 9.17) is 9.47 Å². The fourth-order valence-corrected chi connectivity index (χ4v) is 4.68. The lowest BCUT2D eigenvalue weighted by Gasteiger charge is -2.44. The summed E-state index contributed by atoms with van der Waals surface area (Å²) in [5.74, 6) is 1.72. The highest BCUT2D eigenvalue weighted by Crippen LogP contribution is 2.49. The average molecular weight is 418 g/mol. The van der Waals surface area contributed by atoms with E-state index >= 15 is 0 Å². The van der Waals surface area contributed by atoms with Crippen LogP contribution in [0.5, 0.6) is 11.5 Å². The predicted octanol–water partition coefficient (Wildman–Crippen LogP) is 4.40. The van der Waals surface area contributed by atoms with E-state index in [9.17, 15) is 4.79 Å². The van der Waals surface area contributed by atoms with Gasteiger partial charge in [-0.1, -0.05) is 12.1 Å². The van der Waals surface area contributed by atoms with Crippen molar-refractivity contribution in [1.82, 2.24) is 14.7 Å². The van der Waals surface area contributed by atoms with Gasteiger partial charge >= 0.3 is 0 Å². The molecule has 0 radical (unpaired) electrons. The maximum atomic E-state index is 13.1. The van der Waals surface area contributed by atoms with E-state index in [0.29, 0.717) is 18.7 Å². The number of hydrogen-bond acceptors (Lipinski definition) is 4. The Morgan fingerprint density at radius 1 is 1.10 bits per heavy atom. The molecule has 31 heavy (non-hydrogen) atoms. The number of piperidine rings is 1. The Labute approximate surface area is 182 Å². The molecule has 1 spiro atoms. The summed E-state index contributed by atoms with van der Waals surface area (Å²) in [5.41, 5.74) is 3.55. The summed E-state index contributed by atoms with van der Waals surface area (Å²) in [6.45, 7) is 5.25. The van der Waals surface area contributed by atoms with Gasteiger partial charge in [0.15, 0.2) is 0 Å². The van der Waals surface area contributed by atoms with Crippen LogP contribution in [-0.4, -0.2) is 39.8 Å². The van der Waals surface area contributed by atoms with Crippen LogP contribution in [0.4, 0.5) is 0 Å². The molecule has 5 rings (SSSR count). The number of fused-ring (bicyclic) bond motifs is 4. The number of amides is 1. The standard InChI is InChI=1S/C25H27N3O3/c1-17(2)30-19-10-8-18(9-11-19)24(29)28-14-12-25(13-15-28)21-16-26-27(3)23(21)20-6-4-5-7-22(20)31-25/h4-11,16-17H,12-15H2,1-3H3. The van der Waals surface area contributed by atoms with E-state index in [1.807, 2.05) is 79.1 Å². The SMILES string of the molecule is CC(C)Oc1ccc(C(=O)N2CCC3(CC2)Oc2ccccc2-c2c3cnn2C)cc1. The van der Waals surface area contributed by atoms with Crippen LogP contribution in [0.25, 0.3) is 11.3 Å². The van der Waals surface area contributed by atoms with Crippen LogP contribution in [0.3, 0.4) is 0 Å². The van der Waals surface area contributed by atoms with E-state index in [0.717, 1.165) is 41.2 Å². The molecule has 2 aromatic carbocycles. The molecule has 0 N–H and O–H groups in total. The lowest BCUT2D eigenvalue weighted by Crippen LogP contribution is -2.49. The van der Waals surface area contributed by atoms with Gasteiger partial charge in [0.25, 0.3) is 5.91 Å². The minimum atomic E-state index is -0.441. The minimum absolute atomic E-state index is 0.0496. The molecule has 2 aliphatic rings. The van der Waals surface area contributed by atoms with Crippen molar-refractivity contribution in [2.45, 2.75) is 38.4 Å². The molecule has 0 atom stereocenters. The van der Waals surface area contributed by atoms with Crippen molar-refractivity contribution in [2.24, 2.45) is 7.05 Å². The third-order valence-corrected chi connectivity index (χ3v) is 6.21. The maximum absolute atomic E-state index is 13.1. The Morgan fingerprint density at radius 3 is 2.52 bits per heavy atom. The number of nitrogens with zero attached hydrogens (tertiary/aromatic N) is 3. The number of aryl methyl sites for hydroxylation is 1. The molecule has 1 fully saturated rings. The summed E-state index contributed by atoms with van der Waals surface area (Å²) in [7, 11) is 1.97. The van der Waals surface area contributed by atoms with Gasteiger partial charge < -0.3 is 14.4 Å². The second-order valence-electron chi connectivity index (χ2n) is 8.61. The molecule has 0 saturated carbocycles. The largest absolute Gasteiger partial charge is 0.491 e. The summed E-state index contributed by atoms with van der Waals surface area (Å²) in [6.07, 6.45) is 3.51. The highest BCUT2D eigenvalue weighted by molar-refractivity contribution is 5.94. The van der Waals surface area contributed by atoms with Crippen LogP contribution in [0.1, 0.15) is 42.6 Å². The van der Waals surface area contributed by atoms with Gasteiger partial charge in [0.1, 0.15) is 17.1 Å². The Balaban J connectivity index is 1.35. The molecule has 0 unspecified atom stereocenters. The lowest BCUT2D eigenvalue weighted by molar-refractivity contribution is -0.00172.